The Morgan fingerprint density at radius 1 is 1.00 bits per heavy atom. The summed E-state index contributed by atoms with van der Waals surface area (Å²) >= 11 is 0. The number of nitrogens with one attached hydrogen (secondary N) is 1. The van der Waals surface area contributed by atoms with Crippen LogP contribution < -0.4 is 15.8 Å². The Morgan fingerprint density at radius 3 is 2.46 bits per heavy atom. The summed E-state index contributed by atoms with van der Waals surface area (Å²) in [5.74, 6) is -0.908. The number of hydrogen-bond acceptors (Lipinski definition) is 7. The normalized spacial score (nSPS) is 11.8. The van der Waals surface area contributed by atoms with Crippen LogP contribution in [0.4, 0.5) is 0 Å². The third-order valence-electron chi connectivity index (χ3n) is 5.66. The highest BCUT2D eigenvalue weighted by atomic mass is 16.5. The topological polar surface area (TPSA) is 116 Å². The SMILES string of the molecule is CC(C)C[C@H](NC(=O)c1ccccc1OCc1ccccc1)C(=O)Cn1c(-c2ccccn2)noc1=O. The zero-order valence-electron chi connectivity index (χ0n) is 20.7. The molecule has 4 aromatic rings. The molecule has 190 valence electrons. The molecule has 0 aliphatic carbocycles. The molecule has 1 amide bonds. The van der Waals surface area contributed by atoms with Crippen molar-refractivity contribution in [1.82, 2.24) is 20.0 Å². The quantitative estimate of drug-likeness (QED) is 0.332. The van der Waals surface area contributed by atoms with Gasteiger partial charge in [0.2, 0.25) is 5.82 Å². The van der Waals surface area contributed by atoms with Crippen molar-refractivity contribution in [3.05, 3.63) is 101 Å². The second kappa shape index (κ2) is 11.9. The van der Waals surface area contributed by atoms with E-state index in [0.29, 0.717) is 30.0 Å². The van der Waals surface area contributed by atoms with Gasteiger partial charge in [-0.25, -0.2) is 9.36 Å². The lowest BCUT2D eigenvalue weighted by molar-refractivity contribution is -0.121. The van der Waals surface area contributed by atoms with Gasteiger partial charge in [0.05, 0.1) is 18.2 Å². The molecule has 2 heterocycles. The van der Waals surface area contributed by atoms with Crippen molar-refractivity contribution in [2.75, 3.05) is 0 Å². The number of ketones is 1. The Morgan fingerprint density at radius 2 is 1.73 bits per heavy atom. The number of para-hydroxylation sites is 1. The maximum Gasteiger partial charge on any atom is 0.442 e. The number of carbonyl (C=O) groups is 2. The number of nitrogens with zero attached hydrogens (tertiary/aromatic N) is 3. The Labute approximate surface area is 214 Å². The number of benzene rings is 2. The van der Waals surface area contributed by atoms with E-state index in [9.17, 15) is 14.4 Å². The third-order valence-corrected chi connectivity index (χ3v) is 5.66. The molecule has 0 aliphatic heterocycles. The number of amides is 1. The van der Waals surface area contributed by atoms with Gasteiger partial charge < -0.3 is 10.1 Å². The van der Waals surface area contributed by atoms with Gasteiger partial charge in [-0.1, -0.05) is 67.5 Å². The fraction of sp³-hybridized carbons (Fsp3) is 0.250. The second-order valence-electron chi connectivity index (χ2n) is 8.97. The standard InChI is InChI=1S/C28H28N4O5/c1-19(2)16-23(24(33)17-32-26(31-37-28(32)35)22-13-8-9-15-29-22)30-27(34)21-12-6-7-14-25(21)36-18-20-10-4-3-5-11-20/h3-15,19,23H,16-18H2,1-2H3,(H,30,34)/t23-/m0/s1. The van der Waals surface area contributed by atoms with Crippen LogP contribution in [0, 0.1) is 5.92 Å². The van der Waals surface area contributed by atoms with E-state index in [1.807, 2.05) is 44.2 Å². The van der Waals surface area contributed by atoms with Crippen LogP contribution in [0.25, 0.3) is 11.5 Å². The Bertz CT molecular complexity index is 1400. The minimum atomic E-state index is -0.840. The summed E-state index contributed by atoms with van der Waals surface area (Å²) in [7, 11) is 0. The fourth-order valence-corrected chi connectivity index (χ4v) is 3.85. The van der Waals surface area contributed by atoms with Crippen molar-refractivity contribution < 1.29 is 18.8 Å². The van der Waals surface area contributed by atoms with E-state index in [0.717, 1.165) is 10.1 Å². The van der Waals surface area contributed by atoms with Crippen LogP contribution in [0.2, 0.25) is 0 Å². The van der Waals surface area contributed by atoms with E-state index in [1.54, 1.807) is 48.7 Å². The van der Waals surface area contributed by atoms with E-state index in [1.165, 1.54) is 0 Å². The molecule has 9 nitrogen and oxygen atoms in total. The zero-order valence-corrected chi connectivity index (χ0v) is 20.7. The van der Waals surface area contributed by atoms with E-state index in [-0.39, 0.29) is 24.1 Å². The first-order chi connectivity index (χ1) is 17.9. The van der Waals surface area contributed by atoms with Crippen LogP contribution >= 0.6 is 0 Å². The molecule has 0 saturated heterocycles. The lowest BCUT2D eigenvalue weighted by Crippen LogP contribution is -2.44. The monoisotopic (exact) mass is 500 g/mol. The minimum absolute atomic E-state index is 0.105. The highest BCUT2D eigenvalue weighted by molar-refractivity contribution is 6.00. The van der Waals surface area contributed by atoms with Crippen molar-refractivity contribution >= 4 is 11.7 Å². The molecular formula is C28H28N4O5. The Hall–Kier alpha value is -4.53. The summed E-state index contributed by atoms with van der Waals surface area (Å²) in [6.45, 7) is 3.88. The molecule has 9 heteroatoms. The highest BCUT2D eigenvalue weighted by Crippen LogP contribution is 2.20. The largest absolute Gasteiger partial charge is 0.488 e. The highest BCUT2D eigenvalue weighted by Gasteiger charge is 2.26. The van der Waals surface area contributed by atoms with E-state index < -0.39 is 17.7 Å². The lowest BCUT2D eigenvalue weighted by Gasteiger charge is -2.20. The minimum Gasteiger partial charge on any atom is -0.488 e. The van der Waals surface area contributed by atoms with Crippen LogP contribution in [0.1, 0.15) is 36.2 Å². The molecule has 1 N–H and O–H groups in total. The molecule has 4 rings (SSSR count). The zero-order chi connectivity index (χ0) is 26.2. The molecular weight excluding hydrogens is 472 g/mol. The van der Waals surface area contributed by atoms with Gasteiger partial charge in [0.15, 0.2) is 5.78 Å². The number of hydrogen-bond donors (Lipinski definition) is 1. The predicted octanol–water partition coefficient (Wildman–Crippen LogP) is 3.89. The van der Waals surface area contributed by atoms with Gasteiger partial charge in [0, 0.05) is 6.20 Å². The molecule has 0 radical (unpaired) electrons. The predicted molar refractivity (Wildman–Crippen MR) is 137 cm³/mol. The molecule has 0 fully saturated rings. The number of rotatable bonds is 11. The molecule has 2 aromatic carbocycles. The van der Waals surface area contributed by atoms with Crippen LogP contribution in [-0.2, 0) is 17.9 Å². The molecule has 37 heavy (non-hydrogen) atoms. The first-order valence-electron chi connectivity index (χ1n) is 12.0. The van der Waals surface area contributed by atoms with E-state index in [4.69, 9.17) is 9.26 Å². The number of carbonyl (C=O) groups excluding carboxylic acids is 2. The van der Waals surface area contributed by atoms with Crippen molar-refractivity contribution in [2.45, 2.75) is 39.5 Å². The molecule has 2 aromatic heterocycles. The Kier molecular flexibility index (Phi) is 8.25. The smallest absolute Gasteiger partial charge is 0.442 e. The van der Waals surface area contributed by atoms with E-state index in [2.05, 4.69) is 15.5 Å². The fourth-order valence-electron chi connectivity index (χ4n) is 3.85. The van der Waals surface area contributed by atoms with Gasteiger partial charge in [0.1, 0.15) is 18.1 Å². The summed E-state index contributed by atoms with van der Waals surface area (Å²) in [5.41, 5.74) is 1.68. The van der Waals surface area contributed by atoms with Gasteiger partial charge in [-0.05, 0) is 42.2 Å². The Balaban J connectivity index is 1.52. The molecule has 0 spiro atoms. The summed E-state index contributed by atoms with van der Waals surface area (Å²) in [5, 5.41) is 6.63. The van der Waals surface area contributed by atoms with Crippen molar-refractivity contribution in [3.63, 3.8) is 0 Å². The van der Waals surface area contributed by atoms with Crippen LogP contribution in [0.5, 0.6) is 5.75 Å². The maximum absolute atomic E-state index is 13.3. The summed E-state index contributed by atoms with van der Waals surface area (Å²) < 4.78 is 11.8. The van der Waals surface area contributed by atoms with Gasteiger partial charge in [-0.2, -0.15) is 0 Å². The third kappa shape index (κ3) is 6.58. The molecule has 0 aliphatic rings. The first kappa shape index (κ1) is 25.6. The van der Waals surface area contributed by atoms with Gasteiger partial charge in [-0.15, -0.1) is 0 Å². The van der Waals surface area contributed by atoms with Crippen LogP contribution in [0.3, 0.4) is 0 Å². The maximum atomic E-state index is 13.3. The second-order valence-corrected chi connectivity index (χ2v) is 8.97. The van der Waals surface area contributed by atoms with Crippen molar-refractivity contribution in [1.29, 1.82) is 0 Å². The van der Waals surface area contributed by atoms with Gasteiger partial charge in [-0.3, -0.25) is 19.1 Å². The van der Waals surface area contributed by atoms with E-state index >= 15 is 0 Å². The first-order valence-corrected chi connectivity index (χ1v) is 12.0. The van der Waals surface area contributed by atoms with Crippen molar-refractivity contribution in [2.24, 2.45) is 5.92 Å². The number of Topliss-reactive ketones (excluding diaryl/α,β-unsaturated/α-hetero) is 1. The molecule has 0 unspecified atom stereocenters. The van der Waals surface area contributed by atoms with Crippen LogP contribution in [0.15, 0.2) is 88.3 Å². The number of aromatic nitrogens is 3. The number of pyridine rings is 1. The van der Waals surface area contributed by atoms with Gasteiger partial charge >= 0.3 is 5.76 Å². The summed E-state index contributed by atoms with van der Waals surface area (Å²) in [6.07, 6.45) is 1.94. The summed E-state index contributed by atoms with van der Waals surface area (Å²) in [6, 6.07) is 20.8. The number of ether oxygens (including phenoxy) is 1. The molecule has 1 atom stereocenters. The van der Waals surface area contributed by atoms with Crippen molar-refractivity contribution in [3.8, 4) is 17.3 Å². The van der Waals surface area contributed by atoms with Crippen LogP contribution in [-0.4, -0.2) is 32.4 Å². The average molecular weight is 501 g/mol. The summed E-state index contributed by atoms with van der Waals surface area (Å²) in [4.78, 5) is 43.1. The average Bonchev–Trinajstić information content (AvgIpc) is 3.27. The van der Waals surface area contributed by atoms with Gasteiger partial charge in [0.25, 0.3) is 5.91 Å². The molecule has 0 saturated carbocycles. The lowest BCUT2D eigenvalue weighted by atomic mass is 9.99. The molecule has 0 bridgehead atoms.